The number of nitrogens with zero attached hydrogens (tertiary/aromatic N) is 1. The lowest BCUT2D eigenvalue weighted by molar-refractivity contribution is -0.132. The van der Waals surface area contributed by atoms with E-state index in [4.69, 9.17) is 14.2 Å². The molecule has 0 aliphatic carbocycles. The molecule has 1 saturated heterocycles. The minimum absolute atomic E-state index is 0.0812. The minimum Gasteiger partial charge on any atom is -0.507 e. The van der Waals surface area contributed by atoms with E-state index < -0.39 is 23.7 Å². The number of aliphatic hydroxyl groups is 1. The van der Waals surface area contributed by atoms with Crippen LogP contribution in [-0.2, 0) is 14.3 Å². The number of amides is 1. The lowest BCUT2D eigenvalue weighted by Gasteiger charge is -2.26. The number of hydrogen-bond donors (Lipinski definition) is 1. The van der Waals surface area contributed by atoms with Crippen molar-refractivity contribution in [1.29, 1.82) is 0 Å². The summed E-state index contributed by atoms with van der Waals surface area (Å²) in [5, 5.41) is 11.3. The van der Waals surface area contributed by atoms with Gasteiger partial charge in [0.1, 0.15) is 17.3 Å². The van der Waals surface area contributed by atoms with Crippen molar-refractivity contribution < 1.29 is 33.7 Å². The van der Waals surface area contributed by atoms with Crippen molar-refractivity contribution in [2.75, 3.05) is 25.7 Å². The first-order chi connectivity index (χ1) is 17.4. The Morgan fingerprint density at radius 3 is 2.28 bits per heavy atom. The van der Waals surface area contributed by atoms with Crippen molar-refractivity contribution in [2.24, 2.45) is 0 Å². The summed E-state index contributed by atoms with van der Waals surface area (Å²) < 4.78 is 15.6. The summed E-state index contributed by atoms with van der Waals surface area (Å²) in [6.07, 6.45) is 0. The number of Topliss-reactive ketones (excluding diaryl/α,β-unsaturated/α-hetero) is 1. The summed E-state index contributed by atoms with van der Waals surface area (Å²) in [6.45, 7) is 2.27. The summed E-state index contributed by atoms with van der Waals surface area (Å²) in [5.74, 6) is -1.49. The van der Waals surface area contributed by atoms with Crippen LogP contribution in [-0.4, -0.2) is 43.6 Å². The van der Waals surface area contributed by atoms with Gasteiger partial charge in [-0.2, -0.15) is 0 Å². The van der Waals surface area contributed by atoms with E-state index in [2.05, 4.69) is 0 Å². The third kappa shape index (κ3) is 4.53. The van der Waals surface area contributed by atoms with Crippen LogP contribution < -0.4 is 14.4 Å². The largest absolute Gasteiger partial charge is 0.507 e. The Morgan fingerprint density at radius 1 is 0.917 bits per heavy atom. The van der Waals surface area contributed by atoms with Crippen LogP contribution in [0, 0.1) is 0 Å². The molecule has 0 spiro atoms. The predicted octanol–water partition coefficient (Wildman–Crippen LogP) is 4.51. The third-order valence-electron chi connectivity index (χ3n) is 5.84. The quantitative estimate of drug-likeness (QED) is 0.226. The molecule has 3 aromatic carbocycles. The number of aliphatic hydroxyl groups excluding tert-OH is 1. The van der Waals surface area contributed by atoms with Gasteiger partial charge in [-0.05, 0) is 55.0 Å². The van der Waals surface area contributed by atoms with Crippen LogP contribution in [0.15, 0.2) is 78.4 Å². The van der Waals surface area contributed by atoms with E-state index in [0.717, 1.165) is 0 Å². The number of esters is 1. The van der Waals surface area contributed by atoms with Gasteiger partial charge in [0.2, 0.25) is 0 Å². The minimum atomic E-state index is -0.959. The van der Waals surface area contributed by atoms with Crippen molar-refractivity contribution in [2.45, 2.75) is 13.0 Å². The SMILES string of the molecule is CCOc1cccc(/C(O)=C2\C(=O)C(=O)N(c3cccc(C(=O)OC)c3)C2c2ccc(OC)cc2)c1. The Kier molecular flexibility index (Phi) is 7.05. The van der Waals surface area contributed by atoms with Crippen LogP contribution in [0.4, 0.5) is 5.69 Å². The van der Waals surface area contributed by atoms with Crippen LogP contribution in [0.3, 0.4) is 0 Å². The monoisotopic (exact) mass is 487 g/mol. The maximum absolute atomic E-state index is 13.3. The number of anilines is 1. The van der Waals surface area contributed by atoms with Crippen molar-refractivity contribution in [3.05, 3.63) is 95.1 Å². The molecular formula is C28H25NO7. The van der Waals surface area contributed by atoms with Gasteiger partial charge < -0.3 is 19.3 Å². The molecule has 36 heavy (non-hydrogen) atoms. The van der Waals surface area contributed by atoms with E-state index in [-0.39, 0.29) is 16.9 Å². The molecule has 1 N–H and O–H groups in total. The second-order valence-electron chi connectivity index (χ2n) is 7.95. The molecule has 1 amide bonds. The molecule has 0 radical (unpaired) electrons. The number of benzene rings is 3. The van der Waals surface area contributed by atoms with Gasteiger partial charge in [-0.1, -0.05) is 30.3 Å². The van der Waals surface area contributed by atoms with E-state index >= 15 is 0 Å². The van der Waals surface area contributed by atoms with Gasteiger partial charge in [0.05, 0.1) is 38.0 Å². The lowest BCUT2D eigenvalue weighted by atomic mass is 9.95. The average Bonchev–Trinajstić information content (AvgIpc) is 3.18. The third-order valence-corrected chi connectivity index (χ3v) is 5.84. The maximum atomic E-state index is 13.3. The zero-order valence-corrected chi connectivity index (χ0v) is 20.1. The van der Waals surface area contributed by atoms with Gasteiger partial charge in [-0.15, -0.1) is 0 Å². The summed E-state index contributed by atoms with van der Waals surface area (Å²) in [7, 11) is 2.79. The number of carbonyl (C=O) groups is 3. The smallest absolute Gasteiger partial charge is 0.337 e. The molecule has 3 aromatic rings. The van der Waals surface area contributed by atoms with E-state index in [1.807, 2.05) is 6.92 Å². The molecule has 1 heterocycles. The molecule has 0 aromatic heterocycles. The molecule has 0 bridgehead atoms. The number of hydrogen-bond acceptors (Lipinski definition) is 7. The molecule has 8 heteroatoms. The van der Waals surface area contributed by atoms with Crippen LogP contribution >= 0.6 is 0 Å². The second-order valence-corrected chi connectivity index (χ2v) is 7.95. The molecule has 0 saturated carbocycles. The van der Waals surface area contributed by atoms with Crippen LogP contribution in [0.5, 0.6) is 11.5 Å². The maximum Gasteiger partial charge on any atom is 0.337 e. The number of carbonyl (C=O) groups excluding carboxylic acids is 3. The first-order valence-electron chi connectivity index (χ1n) is 11.3. The molecule has 4 rings (SSSR count). The first-order valence-corrected chi connectivity index (χ1v) is 11.3. The Morgan fingerprint density at radius 2 is 1.61 bits per heavy atom. The number of methoxy groups -OCH3 is 2. The van der Waals surface area contributed by atoms with Crippen molar-refractivity contribution in [1.82, 2.24) is 0 Å². The first kappa shape index (κ1) is 24.5. The highest BCUT2D eigenvalue weighted by Gasteiger charge is 2.47. The van der Waals surface area contributed by atoms with Crippen molar-refractivity contribution >= 4 is 29.1 Å². The molecule has 1 fully saturated rings. The van der Waals surface area contributed by atoms with Crippen LogP contribution in [0.25, 0.3) is 5.76 Å². The topological polar surface area (TPSA) is 102 Å². The summed E-state index contributed by atoms with van der Waals surface area (Å²) >= 11 is 0. The highest BCUT2D eigenvalue weighted by atomic mass is 16.5. The van der Waals surface area contributed by atoms with E-state index in [0.29, 0.717) is 34.9 Å². The van der Waals surface area contributed by atoms with E-state index in [1.165, 1.54) is 25.2 Å². The van der Waals surface area contributed by atoms with Gasteiger partial charge in [0.15, 0.2) is 0 Å². The van der Waals surface area contributed by atoms with Crippen molar-refractivity contribution in [3.63, 3.8) is 0 Å². The normalized spacial score (nSPS) is 16.6. The second kappa shape index (κ2) is 10.4. The van der Waals surface area contributed by atoms with Gasteiger partial charge in [0, 0.05) is 11.3 Å². The zero-order chi connectivity index (χ0) is 25.8. The van der Waals surface area contributed by atoms with Gasteiger partial charge in [0.25, 0.3) is 11.7 Å². The fourth-order valence-electron chi connectivity index (χ4n) is 4.16. The number of ether oxygens (including phenoxy) is 3. The molecule has 1 atom stereocenters. The summed E-state index contributed by atoms with van der Waals surface area (Å²) in [6, 6.07) is 18.8. The van der Waals surface area contributed by atoms with Crippen molar-refractivity contribution in [3.8, 4) is 11.5 Å². The zero-order valence-electron chi connectivity index (χ0n) is 20.1. The molecule has 1 aliphatic heterocycles. The average molecular weight is 488 g/mol. The molecule has 184 valence electrons. The summed E-state index contributed by atoms with van der Waals surface area (Å²) in [5.41, 5.74) is 1.35. The fraction of sp³-hybridized carbons (Fsp3) is 0.179. The van der Waals surface area contributed by atoms with Gasteiger partial charge >= 0.3 is 5.97 Å². The molecule has 8 nitrogen and oxygen atoms in total. The lowest BCUT2D eigenvalue weighted by Crippen LogP contribution is -2.29. The fourth-order valence-corrected chi connectivity index (χ4v) is 4.16. The highest BCUT2D eigenvalue weighted by molar-refractivity contribution is 6.51. The number of rotatable bonds is 7. The molecule has 1 unspecified atom stereocenters. The predicted molar refractivity (Wildman–Crippen MR) is 133 cm³/mol. The van der Waals surface area contributed by atoms with Gasteiger partial charge in [-0.3, -0.25) is 14.5 Å². The van der Waals surface area contributed by atoms with E-state index in [1.54, 1.807) is 66.7 Å². The van der Waals surface area contributed by atoms with Crippen LogP contribution in [0.1, 0.15) is 34.5 Å². The summed E-state index contributed by atoms with van der Waals surface area (Å²) in [4.78, 5) is 40.1. The Hall–Kier alpha value is -4.59. The Bertz CT molecular complexity index is 1340. The standard InChI is InChI=1S/C28H25NO7/c1-4-36-22-10-6-7-18(16-22)25(30)23-24(17-11-13-21(34-2)14-12-17)29(27(32)26(23)31)20-9-5-8-19(15-20)28(33)35-3/h5-16,24,30H,4H2,1-3H3/b25-23+. The number of ketones is 1. The van der Waals surface area contributed by atoms with Gasteiger partial charge in [-0.25, -0.2) is 4.79 Å². The molecular weight excluding hydrogens is 462 g/mol. The highest BCUT2D eigenvalue weighted by Crippen LogP contribution is 2.43. The molecule has 1 aliphatic rings. The van der Waals surface area contributed by atoms with Crippen LogP contribution in [0.2, 0.25) is 0 Å². The van der Waals surface area contributed by atoms with E-state index in [9.17, 15) is 19.5 Å². The Labute approximate surface area is 208 Å². The Balaban J connectivity index is 1.91.